The maximum atomic E-state index is 5.27. The topological polar surface area (TPSA) is 21.3 Å². The molecule has 0 saturated carbocycles. The summed E-state index contributed by atoms with van der Waals surface area (Å²) >= 11 is 0. The molecule has 0 heterocycles. The smallest absolute Gasteiger partial charge is 0.119 e. The zero-order chi connectivity index (χ0) is 14.9. The first-order valence-electron chi connectivity index (χ1n) is 7.71. The molecule has 2 heteroatoms. The third-order valence-electron chi connectivity index (χ3n) is 3.78. The van der Waals surface area contributed by atoms with Crippen LogP contribution in [0.2, 0.25) is 0 Å². The zero-order valence-corrected chi connectivity index (χ0v) is 13.0. The van der Waals surface area contributed by atoms with Gasteiger partial charge in [0.1, 0.15) is 5.75 Å². The molecule has 0 aliphatic carbocycles. The largest absolute Gasteiger partial charge is 0.497 e. The molecule has 0 saturated heterocycles. The van der Waals surface area contributed by atoms with Gasteiger partial charge in [0.05, 0.1) is 7.11 Å². The molecular weight excluding hydrogens is 258 g/mol. The lowest BCUT2D eigenvalue weighted by Crippen LogP contribution is -2.19. The Morgan fingerprint density at radius 2 is 1.81 bits per heavy atom. The minimum atomic E-state index is 0.358. The molecule has 0 unspecified atom stereocenters. The van der Waals surface area contributed by atoms with Gasteiger partial charge in [-0.1, -0.05) is 42.5 Å². The number of hydrogen-bond acceptors (Lipinski definition) is 2. The average molecular weight is 283 g/mol. The molecule has 2 rings (SSSR count). The Hall–Kier alpha value is -1.80. The van der Waals surface area contributed by atoms with Crippen molar-refractivity contribution in [3.8, 4) is 5.75 Å². The van der Waals surface area contributed by atoms with Gasteiger partial charge in [0.15, 0.2) is 0 Å². The number of ether oxygens (including phenoxy) is 1. The number of hydrogen-bond donors (Lipinski definition) is 1. The summed E-state index contributed by atoms with van der Waals surface area (Å²) in [6.45, 7) is 3.25. The van der Waals surface area contributed by atoms with Crippen molar-refractivity contribution in [2.45, 2.75) is 32.2 Å². The minimum Gasteiger partial charge on any atom is -0.497 e. The van der Waals surface area contributed by atoms with Gasteiger partial charge in [-0.3, -0.25) is 0 Å². The number of rotatable bonds is 8. The average Bonchev–Trinajstić information content (AvgIpc) is 2.55. The van der Waals surface area contributed by atoms with E-state index >= 15 is 0 Å². The van der Waals surface area contributed by atoms with Crippen LogP contribution in [0.1, 0.15) is 36.9 Å². The molecule has 0 aliphatic rings. The van der Waals surface area contributed by atoms with E-state index in [1.807, 2.05) is 12.1 Å². The molecule has 0 bridgehead atoms. The molecule has 112 valence electrons. The number of benzene rings is 2. The van der Waals surface area contributed by atoms with E-state index in [-0.39, 0.29) is 0 Å². The van der Waals surface area contributed by atoms with E-state index in [1.165, 1.54) is 24.0 Å². The molecule has 21 heavy (non-hydrogen) atoms. The van der Waals surface area contributed by atoms with Crippen LogP contribution in [0.4, 0.5) is 0 Å². The van der Waals surface area contributed by atoms with Crippen molar-refractivity contribution in [3.63, 3.8) is 0 Å². The second-order valence-electron chi connectivity index (χ2n) is 5.40. The molecular formula is C19H25NO. The highest BCUT2D eigenvalue weighted by Gasteiger charge is 2.05. The summed E-state index contributed by atoms with van der Waals surface area (Å²) in [4.78, 5) is 0. The number of nitrogens with one attached hydrogen (secondary N) is 1. The van der Waals surface area contributed by atoms with Gasteiger partial charge in [0.2, 0.25) is 0 Å². The predicted octanol–water partition coefficient (Wildman–Crippen LogP) is 4.37. The fraction of sp³-hybridized carbons (Fsp3) is 0.368. The Bertz CT molecular complexity index is 524. The number of methoxy groups -OCH3 is 1. The van der Waals surface area contributed by atoms with E-state index in [2.05, 4.69) is 54.7 Å². The Morgan fingerprint density at radius 1 is 1.00 bits per heavy atom. The van der Waals surface area contributed by atoms with Crippen molar-refractivity contribution in [3.05, 3.63) is 65.7 Å². The number of unbranched alkanes of at least 4 members (excludes halogenated alkanes) is 1. The second kappa shape index (κ2) is 8.48. The van der Waals surface area contributed by atoms with Crippen molar-refractivity contribution in [2.24, 2.45) is 0 Å². The van der Waals surface area contributed by atoms with E-state index in [4.69, 9.17) is 4.74 Å². The molecule has 0 spiro atoms. The molecule has 0 fully saturated rings. The van der Waals surface area contributed by atoms with Gasteiger partial charge in [-0.05, 0) is 56.0 Å². The van der Waals surface area contributed by atoms with Crippen LogP contribution >= 0.6 is 0 Å². The van der Waals surface area contributed by atoms with E-state index in [1.54, 1.807) is 7.11 Å². The highest BCUT2D eigenvalue weighted by Crippen LogP contribution is 2.18. The van der Waals surface area contributed by atoms with Gasteiger partial charge in [0.25, 0.3) is 0 Å². The van der Waals surface area contributed by atoms with Crippen LogP contribution in [0, 0.1) is 0 Å². The highest BCUT2D eigenvalue weighted by molar-refractivity contribution is 5.30. The Morgan fingerprint density at radius 3 is 2.57 bits per heavy atom. The second-order valence-corrected chi connectivity index (χ2v) is 5.40. The van der Waals surface area contributed by atoms with E-state index in [0.717, 1.165) is 18.7 Å². The van der Waals surface area contributed by atoms with Gasteiger partial charge in [-0.15, -0.1) is 0 Å². The summed E-state index contributed by atoms with van der Waals surface area (Å²) in [6.07, 6.45) is 3.58. The third kappa shape index (κ3) is 5.24. The highest BCUT2D eigenvalue weighted by atomic mass is 16.5. The van der Waals surface area contributed by atoms with Crippen molar-refractivity contribution >= 4 is 0 Å². The van der Waals surface area contributed by atoms with Crippen LogP contribution in [-0.2, 0) is 6.42 Å². The molecule has 2 nitrogen and oxygen atoms in total. The summed E-state index contributed by atoms with van der Waals surface area (Å²) in [5, 5.41) is 3.58. The van der Waals surface area contributed by atoms with Crippen LogP contribution in [0.15, 0.2) is 54.6 Å². The van der Waals surface area contributed by atoms with Crippen molar-refractivity contribution in [1.82, 2.24) is 5.32 Å². The maximum absolute atomic E-state index is 5.27. The number of aryl methyl sites for hydroxylation is 1. The van der Waals surface area contributed by atoms with Crippen molar-refractivity contribution < 1.29 is 4.74 Å². The minimum absolute atomic E-state index is 0.358. The SMILES string of the molecule is COc1cccc([C@H](C)NCCCCc2ccccc2)c1. The lowest BCUT2D eigenvalue weighted by Gasteiger charge is -2.15. The first kappa shape index (κ1) is 15.6. The van der Waals surface area contributed by atoms with Crippen LogP contribution in [-0.4, -0.2) is 13.7 Å². The first-order chi connectivity index (χ1) is 10.3. The summed E-state index contributed by atoms with van der Waals surface area (Å²) in [7, 11) is 1.71. The molecule has 2 aromatic carbocycles. The molecule has 0 radical (unpaired) electrons. The Balaban J connectivity index is 1.68. The monoisotopic (exact) mass is 283 g/mol. The van der Waals surface area contributed by atoms with Gasteiger partial charge in [0, 0.05) is 6.04 Å². The fourth-order valence-electron chi connectivity index (χ4n) is 2.45. The lowest BCUT2D eigenvalue weighted by atomic mass is 10.1. The molecule has 2 aromatic rings. The zero-order valence-electron chi connectivity index (χ0n) is 13.0. The summed E-state index contributed by atoms with van der Waals surface area (Å²) < 4.78 is 5.27. The van der Waals surface area contributed by atoms with Crippen LogP contribution in [0.3, 0.4) is 0 Å². The molecule has 1 N–H and O–H groups in total. The summed E-state index contributed by atoms with van der Waals surface area (Å²) in [5.74, 6) is 0.922. The molecule has 1 atom stereocenters. The molecule has 0 aliphatic heterocycles. The normalized spacial score (nSPS) is 12.1. The first-order valence-corrected chi connectivity index (χ1v) is 7.71. The molecule has 0 amide bonds. The standard InChI is InChI=1S/C19H25NO/c1-16(18-12-8-13-19(15-18)21-2)20-14-7-6-11-17-9-4-3-5-10-17/h3-5,8-10,12-13,15-16,20H,6-7,11,14H2,1-2H3/t16-/m0/s1. The van der Waals surface area contributed by atoms with Crippen LogP contribution < -0.4 is 10.1 Å². The van der Waals surface area contributed by atoms with Gasteiger partial charge in [-0.25, -0.2) is 0 Å². The predicted molar refractivity (Wildman–Crippen MR) is 88.8 cm³/mol. The Labute approximate surface area is 128 Å². The van der Waals surface area contributed by atoms with Gasteiger partial charge in [-0.2, -0.15) is 0 Å². The third-order valence-corrected chi connectivity index (χ3v) is 3.78. The van der Waals surface area contributed by atoms with Gasteiger partial charge >= 0.3 is 0 Å². The summed E-state index contributed by atoms with van der Waals surface area (Å²) in [6, 6.07) is 19.3. The van der Waals surface area contributed by atoms with Crippen molar-refractivity contribution in [1.29, 1.82) is 0 Å². The van der Waals surface area contributed by atoms with Crippen LogP contribution in [0.5, 0.6) is 5.75 Å². The quantitative estimate of drug-likeness (QED) is 0.726. The Kier molecular flexibility index (Phi) is 6.29. The fourth-order valence-corrected chi connectivity index (χ4v) is 2.45. The van der Waals surface area contributed by atoms with Crippen molar-refractivity contribution in [2.75, 3.05) is 13.7 Å². The van der Waals surface area contributed by atoms with E-state index < -0.39 is 0 Å². The van der Waals surface area contributed by atoms with Gasteiger partial charge < -0.3 is 10.1 Å². The lowest BCUT2D eigenvalue weighted by molar-refractivity contribution is 0.413. The van der Waals surface area contributed by atoms with Crippen LogP contribution in [0.25, 0.3) is 0 Å². The summed E-state index contributed by atoms with van der Waals surface area (Å²) in [5.41, 5.74) is 2.70. The molecule has 0 aromatic heterocycles. The maximum Gasteiger partial charge on any atom is 0.119 e. The van der Waals surface area contributed by atoms with E-state index in [0.29, 0.717) is 6.04 Å². The van der Waals surface area contributed by atoms with E-state index in [9.17, 15) is 0 Å².